The fourth-order valence-corrected chi connectivity index (χ4v) is 4.78. The first-order chi connectivity index (χ1) is 14.0. The Balaban J connectivity index is 1.71. The zero-order valence-corrected chi connectivity index (χ0v) is 17.4. The lowest BCUT2D eigenvalue weighted by Crippen LogP contribution is -2.46. The van der Waals surface area contributed by atoms with Gasteiger partial charge in [-0.05, 0) is 55.5 Å². The quantitative estimate of drug-likeness (QED) is 0.625. The molecule has 3 aromatic rings. The molecule has 5 heteroatoms. The van der Waals surface area contributed by atoms with Crippen LogP contribution < -0.4 is 10.2 Å². The third-order valence-corrected chi connectivity index (χ3v) is 6.43. The molecule has 1 saturated heterocycles. The van der Waals surface area contributed by atoms with E-state index in [9.17, 15) is 9.59 Å². The molecule has 2 heterocycles. The normalized spacial score (nSPS) is 19.2. The fourth-order valence-electron chi connectivity index (χ4n) is 3.90. The highest BCUT2D eigenvalue weighted by Crippen LogP contribution is 2.42. The van der Waals surface area contributed by atoms with E-state index in [0.717, 1.165) is 27.4 Å². The predicted octanol–water partition coefficient (Wildman–Crippen LogP) is 5.49. The highest BCUT2D eigenvalue weighted by atomic mass is 32.1. The van der Waals surface area contributed by atoms with Crippen LogP contribution in [-0.4, -0.2) is 11.8 Å². The molecule has 0 saturated carbocycles. The van der Waals surface area contributed by atoms with Gasteiger partial charge in [0, 0.05) is 22.7 Å². The second-order valence-electron chi connectivity index (χ2n) is 7.51. The number of aryl methyl sites for hydroxylation is 2. The van der Waals surface area contributed by atoms with Gasteiger partial charge in [-0.15, -0.1) is 11.3 Å². The van der Waals surface area contributed by atoms with Crippen molar-refractivity contribution in [3.8, 4) is 0 Å². The Morgan fingerprint density at radius 2 is 1.79 bits per heavy atom. The van der Waals surface area contributed by atoms with Crippen molar-refractivity contribution in [2.24, 2.45) is 5.92 Å². The minimum atomic E-state index is -0.313. The summed E-state index contributed by atoms with van der Waals surface area (Å²) in [6.07, 6.45) is 0.906. The van der Waals surface area contributed by atoms with E-state index in [2.05, 4.69) is 5.32 Å². The van der Waals surface area contributed by atoms with E-state index in [1.54, 1.807) is 11.3 Å². The van der Waals surface area contributed by atoms with Crippen LogP contribution in [0.4, 0.5) is 11.4 Å². The Morgan fingerprint density at radius 1 is 1.03 bits per heavy atom. The molecule has 1 aliphatic rings. The maximum absolute atomic E-state index is 13.3. The zero-order valence-electron chi connectivity index (χ0n) is 16.6. The van der Waals surface area contributed by atoms with Crippen molar-refractivity contribution in [3.05, 3.63) is 82.0 Å². The van der Waals surface area contributed by atoms with Gasteiger partial charge in [0.15, 0.2) is 0 Å². The van der Waals surface area contributed by atoms with E-state index in [0.29, 0.717) is 12.8 Å². The predicted molar refractivity (Wildman–Crippen MR) is 118 cm³/mol. The summed E-state index contributed by atoms with van der Waals surface area (Å²) in [5, 5.41) is 5.09. The number of piperidine rings is 1. The molecule has 148 valence electrons. The molecular formula is C24H24N2O2S. The lowest BCUT2D eigenvalue weighted by Gasteiger charge is -2.40. The van der Waals surface area contributed by atoms with E-state index in [1.165, 1.54) is 0 Å². The maximum Gasteiger partial charge on any atom is 0.229 e. The van der Waals surface area contributed by atoms with Gasteiger partial charge in [-0.1, -0.05) is 42.0 Å². The molecule has 1 aliphatic heterocycles. The highest BCUT2D eigenvalue weighted by Gasteiger charge is 2.42. The number of rotatable bonds is 4. The average Bonchev–Trinajstić information content (AvgIpc) is 3.25. The molecule has 1 N–H and O–H groups in total. The molecule has 2 aromatic carbocycles. The molecule has 4 nitrogen and oxygen atoms in total. The summed E-state index contributed by atoms with van der Waals surface area (Å²) in [7, 11) is 0. The molecule has 1 aromatic heterocycles. The molecule has 0 radical (unpaired) electrons. The van der Waals surface area contributed by atoms with Crippen LogP contribution in [0.1, 0.15) is 34.9 Å². The van der Waals surface area contributed by atoms with E-state index in [1.807, 2.05) is 84.8 Å². The topological polar surface area (TPSA) is 49.4 Å². The molecule has 1 fully saturated rings. The summed E-state index contributed by atoms with van der Waals surface area (Å²) in [6, 6.07) is 19.4. The maximum atomic E-state index is 13.3. The number of hydrogen-bond acceptors (Lipinski definition) is 3. The van der Waals surface area contributed by atoms with E-state index < -0.39 is 0 Å². The highest BCUT2D eigenvalue weighted by molar-refractivity contribution is 7.10. The van der Waals surface area contributed by atoms with Crippen molar-refractivity contribution in [3.63, 3.8) is 0 Å². The molecule has 2 unspecified atom stereocenters. The van der Waals surface area contributed by atoms with Gasteiger partial charge in [-0.3, -0.25) is 9.59 Å². The van der Waals surface area contributed by atoms with Gasteiger partial charge in [0.25, 0.3) is 0 Å². The van der Waals surface area contributed by atoms with Crippen molar-refractivity contribution in [1.82, 2.24) is 0 Å². The van der Waals surface area contributed by atoms with Crippen LogP contribution in [0.15, 0.2) is 66.0 Å². The molecule has 0 spiro atoms. The number of anilines is 2. The molecule has 29 heavy (non-hydrogen) atoms. The van der Waals surface area contributed by atoms with Crippen molar-refractivity contribution in [1.29, 1.82) is 0 Å². The number of nitrogens with zero attached hydrogens (tertiary/aromatic N) is 1. The Morgan fingerprint density at radius 3 is 2.48 bits per heavy atom. The van der Waals surface area contributed by atoms with Crippen LogP contribution in [0.5, 0.6) is 0 Å². The van der Waals surface area contributed by atoms with Gasteiger partial charge in [0.2, 0.25) is 11.8 Å². The smallest absolute Gasteiger partial charge is 0.229 e. The van der Waals surface area contributed by atoms with Crippen molar-refractivity contribution in [2.75, 3.05) is 10.2 Å². The average molecular weight is 405 g/mol. The lowest BCUT2D eigenvalue weighted by molar-refractivity contribution is -0.125. The standard InChI is InChI=1S/C24H24N2O2S/c1-16-9-11-18(12-10-16)26-22(27)14-13-19(23(26)21-8-5-15-29-21)24(28)25-20-7-4-3-6-17(20)2/h3-12,15,19,23H,13-14H2,1-2H3,(H,25,28). The van der Waals surface area contributed by atoms with E-state index in [-0.39, 0.29) is 23.8 Å². The number of amides is 2. The van der Waals surface area contributed by atoms with Gasteiger partial charge >= 0.3 is 0 Å². The monoisotopic (exact) mass is 404 g/mol. The summed E-state index contributed by atoms with van der Waals surface area (Å²) in [5.74, 6) is -0.290. The van der Waals surface area contributed by atoms with Gasteiger partial charge in [-0.2, -0.15) is 0 Å². The van der Waals surface area contributed by atoms with E-state index >= 15 is 0 Å². The van der Waals surface area contributed by atoms with E-state index in [4.69, 9.17) is 0 Å². The molecule has 2 amide bonds. The largest absolute Gasteiger partial charge is 0.326 e. The van der Waals surface area contributed by atoms with Crippen LogP contribution in [-0.2, 0) is 9.59 Å². The third kappa shape index (κ3) is 3.96. The van der Waals surface area contributed by atoms with Gasteiger partial charge < -0.3 is 10.2 Å². The zero-order chi connectivity index (χ0) is 20.4. The summed E-state index contributed by atoms with van der Waals surface area (Å²) < 4.78 is 0. The molecule has 2 atom stereocenters. The summed E-state index contributed by atoms with van der Waals surface area (Å²) in [6.45, 7) is 4.01. The summed E-state index contributed by atoms with van der Waals surface area (Å²) >= 11 is 1.59. The van der Waals surface area contributed by atoms with Gasteiger partial charge in [0.1, 0.15) is 0 Å². The third-order valence-electron chi connectivity index (χ3n) is 5.48. The second kappa shape index (κ2) is 8.21. The number of carbonyl (C=O) groups excluding carboxylic acids is 2. The first kappa shape index (κ1) is 19.4. The number of nitrogens with one attached hydrogen (secondary N) is 1. The molecule has 0 bridgehead atoms. The van der Waals surface area contributed by atoms with Crippen LogP contribution >= 0.6 is 11.3 Å². The molecular weight excluding hydrogens is 380 g/mol. The fraction of sp³-hybridized carbons (Fsp3) is 0.250. The van der Waals surface area contributed by atoms with Crippen LogP contribution in [0.3, 0.4) is 0 Å². The lowest BCUT2D eigenvalue weighted by atomic mass is 9.86. The number of para-hydroxylation sites is 1. The number of carbonyl (C=O) groups is 2. The minimum Gasteiger partial charge on any atom is -0.326 e. The van der Waals surface area contributed by atoms with Crippen LogP contribution in [0, 0.1) is 19.8 Å². The van der Waals surface area contributed by atoms with Crippen molar-refractivity contribution < 1.29 is 9.59 Å². The second-order valence-corrected chi connectivity index (χ2v) is 8.49. The Labute approximate surface area is 175 Å². The Kier molecular flexibility index (Phi) is 5.49. The number of benzene rings is 2. The molecule has 0 aliphatic carbocycles. The van der Waals surface area contributed by atoms with Gasteiger partial charge in [-0.25, -0.2) is 0 Å². The van der Waals surface area contributed by atoms with Crippen LogP contribution in [0.2, 0.25) is 0 Å². The van der Waals surface area contributed by atoms with Gasteiger partial charge in [0.05, 0.1) is 12.0 Å². The SMILES string of the molecule is Cc1ccc(N2C(=O)CCC(C(=O)Nc3ccccc3C)C2c2cccs2)cc1. The van der Waals surface area contributed by atoms with Crippen molar-refractivity contribution >= 4 is 34.5 Å². The minimum absolute atomic E-state index is 0.0395. The Bertz CT molecular complexity index is 1010. The summed E-state index contributed by atoms with van der Waals surface area (Å²) in [5.41, 5.74) is 3.82. The number of hydrogen-bond donors (Lipinski definition) is 1. The summed E-state index contributed by atoms with van der Waals surface area (Å²) in [4.78, 5) is 29.1. The van der Waals surface area contributed by atoms with Crippen molar-refractivity contribution in [2.45, 2.75) is 32.7 Å². The Hall–Kier alpha value is -2.92. The number of thiophene rings is 1. The first-order valence-corrected chi connectivity index (χ1v) is 10.7. The van der Waals surface area contributed by atoms with Crippen LogP contribution in [0.25, 0.3) is 0 Å². The first-order valence-electron chi connectivity index (χ1n) is 9.83. The molecule has 4 rings (SSSR count).